The molecule has 1 heterocycles. The first-order valence-electron chi connectivity index (χ1n) is 6.98. The molecule has 2 aliphatic rings. The predicted octanol–water partition coefficient (Wildman–Crippen LogP) is 2.53. The van der Waals surface area contributed by atoms with Gasteiger partial charge in [0, 0.05) is 26.2 Å². The van der Waals surface area contributed by atoms with Crippen molar-refractivity contribution in [2.45, 2.75) is 32.2 Å². The maximum Gasteiger partial charge on any atom is 0.0602 e. The number of hydrogen-bond donors (Lipinski definition) is 0. The zero-order valence-electron chi connectivity index (χ0n) is 11.5. The maximum atomic E-state index is 2.67. The van der Waals surface area contributed by atoms with Gasteiger partial charge in [-0.25, -0.2) is 0 Å². The lowest BCUT2D eigenvalue weighted by molar-refractivity contribution is 0.0628. The van der Waals surface area contributed by atoms with Crippen LogP contribution in [0.25, 0.3) is 0 Å². The van der Waals surface area contributed by atoms with Gasteiger partial charge in [-0.05, 0) is 19.4 Å². The lowest BCUT2D eigenvalue weighted by atomic mass is 9.78. The van der Waals surface area contributed by atoms with Crippen LogP contribution in [0.1, 0.15) is 26.7 Å². The Morgan fingerprint density at radius 1 is 1.12 bits per heavy atom. The highest BCUT2D eigenvalue weighted by Crippen LogP contribution is 2.33. The van der Waals surface area contributed by atoms with Crippen molar-refractivity contribution < 1.29 is 0 Å². The molecule has 0 aromatic carbocycles. The van der Waals surface area contributed by atoms with Gasteiger partial charge in [-0.2, -0.15) is 0 Å². The molecule has 0 radical (unpaired) electrons. The molecule has 2 heteroatoms. The van der Waals surface area contributed by atoms with Gasteiger partial charge in [0.05, 0.1) is 5.54 Å². The number of rotatable bonds is 3. The van der Waals surface area contributed by atoms with Crippen molar-refractivity contribution in [3.05, 3.63) is 24.3 Å². The molecule has 1 fully saturated rings. The fourth-order valence-electron chi connectivity index (χ4n) is 3.02. The van der Waals surface area contributed by atoms with E-state index in [4.69, 9.17) is 0 Å². The SMILES string of the molecule is CCC(C)C1(N2CCN(C)CC2)C=CCC=C1. The van der Waals surface area contributed by atoms with Gasteiger partial charge in [0.2, 0.25) is 0 Å². The van der Waals surface area contributed by atoms with Crippen molar-refractivity contribution in [1.29, 1.82) is 0 Å². The second-order valence-corrected chi connectivity index (χ2v) is 5.53. The summed E-state index contributed by atoms with van der Waals surface area (Å²) in [6.07, 6.45) is 11.9. The van der Waals surface area contributed by atoms with Gasteiger partial charge >= 0.3 is 0 Å². The summed E-state index contributed by atoms with van der Waals surface area (Å²) in [5.74, 6) is 0.693. The number of piperazine rings is 1. The minimum atomic E-state index is 0.189. The highest BCUT2D eigenvalue weighted by Gasteiger charge is 2.38. The summed E-state index contributed by atoms with van der Waals surface area (Å²) in [5.41, 5.74) is 0.189. The van der Waals surface area contributed by atoms with Gasteiger partial charge < -0.3 is 4.90 Å². The van der Waals surface area contributed by atoms with Crippen LogP contribution in [-0.4, -0.2) is 48.6 Å². The first-order chi connectivity index (χ1) is 8.19. The lowest BCUT2D eigenvalue weighted by Gasteiger charge is -2.48. The summed E-state index contributed by atoms with van der Waals surface area (Å²) in [5, 5.41) is 0. The second kappa shape index (κ2) is 5.36. The summed E-state index contributed by atoms with van der Waals surface area (Å²) >= 11 is 0. The molecule has 0 aromatic heterocycles. The molecule has 17 heavy (non-hydrogen) atoms. The first kappa shape index (κ1) is 12.8. The quantitative estimate of drug-likeness (QED) is 0.692. The van der Waals surface area contributed by atoms with E-state index >= 15 is 0 Å². The molecular weight excluding hydrogens is 208 g/mol. The minimum Gasteiger partial charge on any atom is -0.304 e. The van der Waals surface area contributed by atoms with Crippen molar-refractivity contribution in [2.24, 2.45) is 5.92 Å². The molecule has 1 saturated heterocycles. The molecule has 0 N–H and O–H groups in total. The Bertz CT molecular complexity index is 286. The monoisotopic (exact) mass is 234 g/mol. The van der Waals surface area contributed by atoms with Crippen molar-refractivity contribution in [1.82, 2.24) is 9.80 Å². The molecule has 1 unspecified atom stereocenters. The van der Waals surface area contributed by atoms with Crippen molar-refractivity contribution in [3.63, 3.8) is 0 Å². The third kappa shape index (κ3) is 2.48. The molecule has 0 spiro atoms. The first-order valence-corrected chi connectivity index (χ1v) is 6.98. The van der Waals surface area contributed by atoms with Gasteiger partial charge in [-0.1, -0.05) is 44.6 Å². The van der Waals surface area contributed by atoms with Crippen LogP contribution in [0.5, 0.6) is 0 Å². The van der Waals surface area contributed by atoms with E-state index in [-0.39, 0.29) is 5.54 Å². The molecule has 0 aromatic rings. The van der Waals surface area contributed by atoms with E-state index in [1.807, 2.05) is 0 Å². The zero-order valence-corrected chi connectivity index (χ0v) is 11.5. The van der Waals surface area contributed by atoms with Crippen molar-refractivity contribution in [3.8, 4) is 0 Å². The Morgan fingerprint density at radius 2 is 1.71 bits per heavy atom. The van der Waals surface area contributed by atoms with Crippen LogP contribution in [0.3, 0.4) is 0 Å². The molecule has 1 atom stereocenters. The van der Waals surface area contributed by atoms with E-state index in [2.05, 4.69) is 55.0 Å². The van der Waals surface area contributed by atoms with E-state index in [1.54, 1.807) is 0 Å². The van der Waals surface area contributed by atoms with Gasteiger partial charge in [-0.15, -0.1) is 0 Å². The summed E-state index contributed by atoms with van der Waals surface area (Å²) in [4.78, 5) is 5.10. The number of nitrogens with zero attached hydrogens (tertiary/aromatic N) is 2. The maximum absolute atomic E-state index is 2.67. The number of likely N-dealkylation sites (N-methyl/N-ethyl adjacent to an activating group) is 1. The zero-order chi connectivity index (χ0) is 12.3. The average molecular weight is 234 g/mol. The molecule has 2 nitrogen and oxygen atoms in total. The standard InChI is InChI=1S/C15H26N2/c1-4-14(2)15(8-6-5-7-9-15)17-12-10-16(3)11-13-17/h6-9,14H,4-5,10-13H2,1-3H3. The third-order valence-corrected chi connectivity index (χ3v) is 4.49. The van der Waals surface area contributed by atoms with E-state index in [0.717, 1.165) is 6.42 Å². The van der Waals surface area contributed by atoms with Crippen molar-refractivity contribution >= 4 is 0 Å². The molecule has 0 bridgehead atoms. The topological polar surface area (TPSA) is 6.48 Å². The van der Waals surface area contributed by atoms with E-state index < -0.39 is 0 Å². The van der Waals surface area contributed by atoms with E-state index in [1.165, 1.54) is 32.6 Å². The van der Waals surface area contributed by atoms with Gasteiger partial charge in [-0.3, -0.25) is 4.90 Å². The van der Waals surface area contributed by atoms with Gasteiger partial charge in [0.1, 0.15) is 0 Å². The van der Waals surface area contributed by atoms with Crippen LogP contribution in [0, 0.1) is 5.92 Å². The molecule has 1 aliphatic carbocycles. The van der Waals surface area contributed by atoms with Gasteiger partial charge in [0.25, 0.3) is 0 Å². The van der Waals surface area contributed by atoms with Crippen LogP contribution in [-0.2, 0) is 0 Å². The normalized spacial score (nSPS) is 27.2. The second-order valence-electron chi connectivity index (χ2n) is 5.53. The number of allylic oxidation sites excluding steroid dienone is 2. The smallest absolute Gasteiger partial charge is 0.0602 e. The molecule has 2 rings (SSSR count). The Kier molecular flexibility index (Phi) is 4.05. The van der Waals surface area contributed by atoms with Crippen LogP contribution in [0.15, 0.2) is 24.3 Å². The Labute approximate surface area is 106 Å². The molecule has 0 amide bonds. The van der Waals surface area contributed by atoms with Crippen LogP contribution >= 0.6 is 0 Å². The average Bonchev–Trinajstić information content (AvgIpc) is 2.39. The highest BCUT2D eigenvalue weighted by molar-refractivity contribution is 5.26. The Hall–Kier alpha value is -0.600. The molecule has 0 saturated carbocycles. The van der Waals surface area contributed by atoms with Crippen LogP contribution in [0.2, 0.25) is 0 Å². The van der Waals surface area contributed by atoms with E-state index in [9.17, 15) is 0 Å². The minimum absolute atomic E-state index is 0.189. The van der Waals surface area contributed by atoms with Crippen LogP contribution < -0.4 is 0 Å². The summed E-state index contributed by atoms with van der Waals surface area (Å²) in [6, 6.07) is 0. The third-order valence-electron chi connectivity index (χ3n) is 4.49. The highest BCUT2D eigenvalue weighted by atomic mass is 15.3. The van der Waals surface area contributed by atoms with Crippen LogP contribution in [0.4, 0.5) is 0 Å². The lowest BCUT2D eigenvalue weighted by Crippen LogP contribution is -2.57. The molecule has 96 valence electrons. The number of hydrogen-bond acceptors (Lipinski definition) is 2. The fraction of sp³-hybridized carbons (Fsp3) is 0.733. The summed E-state index contributed by atoms with van der Waals surface area (Å²) < 4.78 is 0. The van der Waals surface area contributed by atoms with Gasteiger partial charge in [0.15, 0.2) is 0 Å². The Balaban J connectivity index is 2.18. The summed E-state index contributed by atoms with van der Waals surface area (Å²) in [7, 11) is 2.22. The predicted molar refractivity (Wildman–Crippen MR) is 74.2 cm³/mol. The van der Waals surface area contributed by atoms with Crippen molar-refractivity contribution in [2.75, 3.05) is 33.2 Å². The molecule has 1 aliphatic heterocycles. The van der Waals surface area contributed by atoms with E-state index in [0.29, 0.717) is 5.92 Å². The largest absolute Gasteiger partial charge is 0.304 e. The fourth-order valence-corrected chi connectivity index (χ4v) is 3.02. The molecular formula is C15H26N2. The Morgan fingerprint density at radius 3 is 2.24 bits per heavy atom. The summed E-state index contributed by atoms with van der Waals surface area (Å²) in [6.45, 7) is 9.46.